The van der Waals surface area contributed by atoms with Gasteiger partial charge in [-0.2, -0.15) is 0 Å². The molecule has 0 aliphatic rings. The van der Waals surface area contributed by atoms with Crippen molar-refractivity contribution >= 4 is 17.6 Å². The number of ether oxygens (including phenoxy) is 1. The fourth-order valence-corrected chi connectivity index (χ4v) is 2.30. The zero-order valence-corrected chi connectivity index (χ0v) is 12.0. The molecule has 7 nitrogen and oxygen atoms in total. The summed E-state index contributed by atoms with van der Waals surface area (Å²) in [5, 5.41) is 4.22. The minimum atomic E-state index is -0.208. The van der Waals surface area contributed by atoms with Crippen LogP contribution in [0.1, 0.15) is 13.3 Å². The van der Waals surface area contributed by atoms with Gasteiger partial charge in [-0.1, -0.05) is 6.92 Å². The summed E-state index contributed by atoms with van der Waals surface area (Å²) in [5.41, 5.74) is -0.208. The fourth-order valence-electron chi connectivity index (χ4n) is 1.48. The summed E-state index contributed by atoms with van der Waals surface area (Å²) >= 11 is 1.22. The van der Waals surface area contributed by atoms with Crippen LogP contribution in [0, 0.1) is 0 Å². The molecule has 0 radical (unpaired) electrons. The second-order valence-electron chi connectivity index (χ2n) is 3.83. The van der Waals surface area contributed by atoms with Gasteiger partial charge in [-0.15, -0.1) is 0 Å². The van der Waals surface area contributed by atoms with E-state index in [1.54, 1.807) is 7.11 Å². The molecule has 2 heterocycles. The van der Waals surface area contributed by atoms with Crippen molar-refractivity contribution in [3.05, 3.63) is 28.9 Å². The van der Waals surface area contributed by atoms with Crippen LogP contribution in [0.15, 0.2) is 33.6 Å². The highest BCUT2D eigenvalue weighted by Crippen LogP contribution is 2.34. The first-order chi connectivity index (χ1) is 9.74. The van der Waals surface area contributed by atoms with E-state index < -0.39 is 0 Å². The molecule has 0 saturated carbocycles. The standard InChI is InChI=1S/C12H15N5O2S/c1-3-5-13-10-9(19-2)11(16-7-15-10)20-12-14-6-4-8(18)17-12/h4,6-7H,3,5H2,1-2H3,(H,13,15,16)(H,14,17,18). The second kappa shape index (κ2) is 6.90. The van der Waals surface area contributed by atoms with Crippen molar-refractivity contribution in [3.8, 4) is 5.75 Å². The quantitative estimate of drug-likeness (QED) is 0.616. The molecule has 0 atom stereocenters. The fraction of sp³-hybridized carbons (Fsp3) is 0.333. The smallest absolute Gasteiger partial charge is 0.251 e. The Bertz CT molecular complexity index is 631. The Labute approximate surface area is 120 Å². The number of nitrogens with one attached hydrogen (secondary N) is 2. The van der Waals surface area contributed by atoms with Crippen LogP contribution in [0.25, 0.3) is 0 Å². The molecule has 0 fully saturated rings. The first-order valence-electron chi connectivity index (χ1n) is 6.10. The molecular formula is C12H15N5O2S. The maximum Gasteiger partial charge on any atom is 0.251 e. The van der Waals surface area contributed by atoms with Gasteiger partial charge >= 0.3 is 0 Å². The van der Waals surface area contributed by atoms with E-state index in [4.69, 9.17) is 4.74 Å². The Kier molecular flexibility index (Phi) is 4.94. The van der Waals surface area contributed by atoms with E-state index in [0.717, 1.165) is 13.0 Å². The van der Waals surface area contributed by atoms with Gasteiger partial charge in [-0.25, -0.2) is 15.0 Å². The molecule has 0 spiro atoms. The third kappa shape index (κ3) is 3.47. The summed E-state index contributed by atoms with van der Waals surface area (Å²) in [6.07, 6.45) is 3.87. The van der Waals surface area contributed by atoms with E-state index in [2.05, 4.69) is 32.2 Å². The topological polar surface area (TPSA) is 92.8 Å². The van der Waals surface area contributed by atoms with Crippen molar-refractivity contribution in [1.29, 1.82) is 0 Å². The minimum Gasteiger partial charge on any atom is -0.490 e. The molecule has 0 unspecified atom stereocenters. The number of hydrogen-bond acceptors (Lipinski definition) is 7. The number of H-pyrrole nitrogens is 1. The summed E-state index contributed by atoms with van der Waals surface area (Å²) in [7, 11) is 1.56. The maximum absolute atomic E-state index is 11.3. The predicted molar refractivity (Wildman–Crippen MR) is 76.3 cm³/mol. The average Bonchev–Trinajstić information content (AvgIpc) is 2.45. The molecule has 8 heteroatoms. The van der Waals surface area contributed by atoms with Gasteiger partial charge in [-0.05, 0) is 18.2 Å². The van der Waals surface area contributed by atoms with Crippen LogP contribution in [0.5, 0.6) is 5.75 Å². The number of aromatic amines is 1. The molecule has 0 saturated heterocycles. The van der Waals surface area contributed by atoms with Crippen LogP contribution in [-0.2, 0) is 0 Å². The monoisotopic (exact) mass is 293 g/mol. The number of nitrogens with zero attached hydrogens (tertiary/aromatic N) is 3. The van der Waals surface area contributed by atoms with Crippen molar-refractivity contribution in [2.75, 3.05) is 19.0 Å². The highest BCUT2D eigenvalue weighted by molar-refractivity contribution is 7.99. The van der Waals surface area contributed by atoms with Gasteiger partial charge in [0.15, 0.2) is 21.7 Å². The maximum atomic E-state index is 11.3. The number of methoxy groups -OCH3 is 1. The molecule has 20 heavy (non-hydrogen) atoms. The van der Waals surface area contributed by atoms with Crippen LogP contribution in [0.4, 0.5) is 5.82 Å². The van der Waals surface area contributed by atoms with Crippen LogP contribution in [-0.4, -0.2) is 33.6 Å². The second-order valence-corrected chi connectivity index (χ2v) is 4.81. The SMILES string of the molecule is CCCNc1ncnc(Sc2nccc(=O)[nH]2)c1OC. The zero-order chi connectivity index (χ0) is 14.4. The zero-order valence-electron chi connectivity index (χ0n) is 11.2. The predicted octanol–water partition coefficient (Wildman–Crippen LogP) is 1.54. The van der Waals surface area contributed by atoms with Gasteiger partial charge in [0.1, 0.15) is 6.33 Å². The van der Waals surface area contributed by atoms with Crippen molar-refractivity contribution in [3.63, 3.8) is 0 Å². The van der Waals surface area contributed by atoms with E-state index >= 15 is 0 Å². The van der Waals surface area contributed by atoms with Gasteiger partial charge in [-0.3, -0.25) is 4.79 Å². The Morgan fingerprint density at radius 3 is 2.95 bits per heavy atom. The Balaban J connectivity index is 2.29. The van der Waals surface area contributed by atoms with Crippen LogP contribution in [0.2, 0.25) is 0 Å². The van der Waals surface area contributed by atoms with E-state index in [-0.39, 0.29) is 5.56 Å². The molecule has 0 aliphatic carbocycles. The molecule has 0 bridgehead atoms. The lowest BCUT2D eigenvalue weighted by atomic mass is 10.4. The molecule has 0 aromatic carbocycles. The van der Waals surface area contributed by atoms with Crippen molar-refractivity contribution in [2.24, 2.45) is 0 Å². The van der Waals surface area contributed by atoms with E-state index in [0.29, 0.717) is 21.7 Å². The van der Waals surface area contributed by atoms with Gasteiger partial charge in [0, 0.05) is 18.8 Å². The largest absolute Gasteiger partial charge is 0.490 e. The molecule has 106 valence electrons. The average molecular weight is 293 g/mol. The number of anilines is 1. The number of hydrogen-bond donors (Lipinski definition) is 2. The van der Waals surface area contributed by atoms with Gasteiger partial charge in [0.25, 0.3) is 5.56 Å². The molecule has 2 aromatic heterocycles. The normalized spacial score (nSPS) is 10.3. The van der Waals surface area contributed by atoms with Crippen molar-refractivity contribution < 1.29 is 4.74 Å². The van der Waals surface area contributed by atoms with Crippen LogP contribution < -0.4 is 15.6 Å². The summed E-state index contributed by atoms with van der Waals surface area (Å²) < 4.78 is 5.35. The summed E-state index contributed by atoms with van der Waals surface area (Å²) in [4.78, 5) is 26.3. The molecule has 0 amide bonds. The Morgan fingerprint density at radius 2 is 2.25 bits per heavy atom. The molecular weight excluding hydrogens is 278 g/mol. The Morgan fingerprint density at radius 1 is 1.40 bits per heavy atom. The van der Waals surface area contributed by atoms with E-state index in [1.165, 1.54) is 30.4 Å². The lowest BCUT2D eigenvalue weighted by Crippen LogP contribution is -2.07. The third-order valence-electron chi connectivity index (χ3n) is 2.36. The Hall–Kier alpha value is -2.09. The van der Waals surface area contributed by atoms with Gasteiger partial charge < -0.3 is 15.0 Å². The highest BCUT2D eigenvalue weighted by Gasteiger charge is 2.14. The first kappa shape index (κ1) is 14.3. The minimum absolute atomic E-state index is 0.208. The lowest BCUT2D eigenvalue weighted by Gasteiger charge is -2.11. The summed E-state index contributed by atoms with van der Waals surface area (Å²) in [6.45, 7) is 2.85. The van der Waals surface area contributed by atoms with Crippen LogP contribution in [0.3, 0.4) is 0 Å². The summed E-state index contributed by atoms with van der Waals surface area (Å²) in [5.74, 6) is 1.17. The third-order valence-corrected chi connectivity index (χ3v) is 3.24. The van der Waals surface area contributed by atoms with Gasteiger partial charge in [0.2, 0.25) is 0 Å². The molecule has 2 N–H and O–H groups in total. The van der Waals surface area contributed by atoms with Crippen molar-refractivity contribution in [1.82, 2.24) is 19.9 Å². The van der Waals surface area contributed by atoms with E-state index in [9.17, 15) is 4.79 Å². The first-order valence-corrected chi connectivity index (χ1v) is 6.92. The van der Waals surface area contributed by atoms with E-state index in [1.807, 2.05) is 0 Å². The molecule has 2 rings (SSSR count). The molecule has 0 aliphatic heterocycles. The van der Waals surface area contributed by atoms with Crippen LogP contribution >= 0.6 is 11.8 Å². The number of aromatic nitrogens is 4. The molecule has 2 aromatic rings. The van der Waals surface area contributed by atoms with Crippen molar-refractivity contribution in [2.45, 2.75) is 23.5 Å². The van der Waals surface area contributed by atoms with Gasteiger partial charge in [0.05, 0.1) is 7.11 Å². The summed E-state index contributed by atoms with van der Waals surface area (Å²) in [6, 6.07) is 1.36. The lowest BCUT2D eigenvalue weighted by molar-refractivity contribution is 0.400. The highest BCUT2D eigenvalue weighted by atomic mass is 32.2. The number of rotatable bonds is 6.